The van der Waals surface area contributed by atoms with Crippen molar-refractivity contribution in [2.45, 2.75) is 6.18 Å². The van der Waals surface area contributed by atoms with E-state index in [0.29, 0.717) is 0 Å². The van der Waals surface area contributed by atoms with E-state index in [9.17, 15) is 18.0 Å². The molecule has 2 rings (SSSR count). The van der Waals surface area contributed by atoms with Crippen LogP contribution in [0.25, 0.3) is 5.82 Å². The third kappa shape index (κ3) is 2.99. The average Bonchev–Trinajstić information content (AvgIpc) is 2.78. The van der Waals surface area contributed by atoms with Crippen LogP contribution in [-0.4, -0.2) is 27.8 Å². The lowest BCUT2D eigenvalue weighted by molar-refractivity contribution is -0.137. The summed E-state index contributed by atoms with van der Waals surface area (Å²) in [7, 11) is 1.11. The lowest BCUT2D eigenvalue weighted by Gasteiger charge is -2.11. The third-order valence-electron chi connectivity index (χ3n) is 2.48. The largest absolute Gasteiger partial charge is 0.464 e. The molecule has 0 fully saturated rings. The average molecular weight is 365 g/mol. The van der Waals surface area contributed by atoms with Crippen LogP contribution in [-0.2, 0) is 10.9 Å². The quantitative estimate of drug-likeness (QED) is 0.827. The maximum absolute atomic E-state index is 13.0. The highest BCUT2D eigenvalue weighted by Crippen LogP contribution is 2.34. The van der Waals surface area contributed by atoms with Crippen molar-refractivity contribution in [2.24, 2.45) is 0 Å². The monoisotopic (exact) mass is 364 g/mol. The second-order valence-electron chi connectivity index (χ2n) is 3.89. The van der Waals surface area contributed by atoms with Gasteiger partial charge in [-0.3, -0.25) is 0 Å². The first-order valence-electron chi connectivity index (χ1n) is 5.40. The Kier molecular flexibility index (Phi) is 3.90. The summed E-state index contributed by atoms with van der Waals surface area (Å²) in [5.74, 6) is -1.34. The highest BCUT2D eigenvalue weighted by molar-refractivity contribution is 9.10. The second kappa shape index (κ2) is 5.35. The predicted octanol–water partition coefficient (Wildman–Crippen LogP) is 2.42. The molecule has 10 heteroatoms. The zero-order valence-corrected chi connectivity index (χ0v) is 12.1. The molecule has 112 valence electrons. The van der Waals surface area contributed by atoms with Crippen molar-refractivity contribution in [3.8, 4) is 5.82 Å². The maximum Gasteiger partial charge on any atom is 0.420 e. The van der Waals surface area contributed by atoms with Crippen LogP contribution in [0.2, 0.25) is 0 Å². The number of methoxy groups -OCH3 is 1. The van der Waals surface area contributed by atoms with Crippen LogP contribution in [0.1, 0.15) is 16.1 Å². The number of alkyl halides is 3. The van der Waals surface area contributed by atoms with Gasteiger partial charge < -0.3 is 10.5 Å². The number of nitrogens with zero attached hydrogens (tertiary/aromatic N) is 3. The normalized spacial score (nSPS) is 11.5. The molecule has 0 atom stereocenters. The van der Waals surface area contributed by atoms with E-state index in [1.165, 1.54) is 6.20 Å². The molecular weight excluding hydrogens is 357 g/mol. The van der Waals surface area contributed by atoms with E-state index in [-0.39, 0.29) is 15.9 Å². The van der Waals surface area contributed by atoms with Crippen molar-refractivity contribution in [1.82, 2.24) is 14.8 Å². The molecule has 0 saturated heterocycles. The predicted molar refractivity (Wildman–Crippen MR) is 69.8 cm³/mol. The molecule has 2 aromatic heterocycles. The van der Waals surface area contributed by atoms with Crippen LogP contribution in [0.15, 0.2) is 22.9 Å². The molecule has 0 aromatic carbocycles. The van der Waals surface area contributed by atoms with Crippen LogP contribution >= 0.6 is 15.9 Å². The van der Waals surface area contributed by atoms with Gasteiger partial charge in [-0.25, -0.2) is 14.5 Å². The van der Waals surface area contributed by atoms with Gasteiger partial charge in [-0.05, 0) is 22.0 Å². The summed E-state index contributed by atoms with van der Waals surface area (Å²) < 4.78 is 44.4. The number of aromatic nitrogens is 3. The van der Waals surface area contributed by atoms with Gasteiger partial charge in [0, 0.05) is 10.7 Å². The summed E-state index contributed by atoms with van der Waals surface area (Å²) in [6, 6.07) is 0.859. The topological polar surface area (TPSA) is 83.0 Å². The molecule has 0 unspecified atom stereocenters. The Morgan fingerprint density at radius 1 is 1.48 bits per heavy atom. The number of halogens is 4. The van der Waals surface area contributed by atoms with E-state index >= 15 is 0 Å². The molecule has 2 heterocycles. The van der Waals surface area contributed by atoms with Crippen molar-refractivity contribution >= 4 is 27.6 Å². The summed E-state index contributed by atoms with van der Waals surface area (Å²) in [5.41, 5.74) is 4.13. The Bertz CT molecular complexity index is 699. The van der Waals surface area contributed by atoms with E-state index in [4.69, 9.17) is 5.73 Å². The van der Waals surface area contributed by atoms with Gasteiger partial charge in [-0.2, -0.15) is 18.3 Å². The number of esters is 1. The van der Waals surface area contributed by atoms with Gasteiger partial charge in [0.15, 0.2) is 11.5 Å². The molecule has 6 nitrogen and oxygen atoms in total. The first-order chi connectivity index (χ1) is 9.74. The van der Waals surface area contributed by atoms with Gasteiger partial charge in [0.1, 0.15) is 5.56 Å². The van der Waals surface area contributed by atoms with Crippen molar-refractivity contribution < 1.29 is 22.7 Å². The Balaban J connectivity index is 2.60. The molecule has 0 amide bonds. The van der Waals surface area contributed by atoms with E-state index in [0.717, 1.165) is 24.1 Å². The van der Waals surface area contributed by atoms with Crippen LogP contribution in [0.3, 0.4) is 0 Å². The highest BCUT2D eigenvalue weighted by atomic mass is 79.9. The molecule has 0 bridgehead atoms. The van der Waals surface area contributed by atoms with Crippen LogP contribution in [0.4, 0.5) is 18.9 Å². The Morgan fingerprint density at radius 3 is 2.71 bits per heavy atom. The van der Waals surface area contributed by atoms with Crippen molar-refractivity contribution in [3.05, 3.63) is 34.2 Å². The minimum absolute atomic E-state index is 0.111. The van der Waals surface area contributed by atoms with E-state index in [1.54, 1.807) is 0 Å². The number of carbonyl (C=O) groups is 1. The Labute approximate surface area is 124 Å². The number of carbonyl (C=O) groups excluding carboxylic acids is 1. The molecular formula is C11H8BrF3N4O2. The maximum atomic E-state index is 13.0. The van der Waals surface area contributed by atoms with Gasteiger partial charge in [0.2, 0.25) is 0 Å². The van der Waals surface area contributed by atoms with E-state index in [1.807, 2.05) is 0 Å². The van der Waals surface area contributed by atoms with Gasteiger partial charge in [0.25, 0.3) is 0 Å². The molecule has 0 aliphatic heterocycles. The Morgan fingerprint density at radius 2 is 2.14 bits per heavy atom. The first kappa shape index (κ1) is 15.3. The molecule has 0 spiro atoms. The van der Waals surface area contributed by atoms with Crippen LogP contribution in [0, 0.1) is 0 Å². The smallest absolute Gasteiger partial charge is 0.420 e. The number of nitrogens with two attached hydrogens (primary N) is 1. The number of anilines is 1. The van der Waals surface area contributed by atoms with Crippen LogP contribution in [0.5, 0.6) is 0 Å². The molecule has 0 saturated carbocycles. The SMILES string of the molecule is COC(=O)c1nn(-c2ncc(Br)cc2C(F)(F)F)cc1N. The van der Waals surface area contributed by atoms with Gasteiger partial charge >= 0.3 is 12.1 Å². The number of ether oxygens (including phenoxy) is 1. The zero-order chi connectivity index (χ0) is 15.8. The fourth-order valence-electron chi connectivity index (χ4n) is 1.57. The summed E-state index contributed by atoms with van der Waals surface area (Å²) in [4.78, 5) is 15.1. The number of hydrogen-bond acceptors (Lipinski definition) is 5. The van der Waals surface area contributed by atoms with Gasteiger partial charge in [-0.15, -0.1) is 0 Å². The van der Waals surface area contributed by atoms with Gasteiger partial charge in [0.05, 0.1) is 19.0 Å². The number of pyridine rings is 1. The lowest BCUT2D eigenvalue weighted by Crippen LogP contribution is -2.13. The molecule has 2 aromatic rings. The summed E-state index contributed by atoms with van der Waals surface area (Å²) in [6.45, 7) is 0. The zero-order valence-electron chi connectivity index (χ0n) is 10.5. The highest BCUT2D eigenvalue weighted by Gasteiger charge is 2.36. The lowest BCUT2D eigenvalue weighted by atomic mass is 10.2. The fourth-order valence-corrected chi connectivity index (χ4v) is 1.91. The number of hydrogen-bond donors (Lipinski definition) is 1. The molecule has 2 N–H and O–H groups in total. The van der Waals surface area contributed by atoms with Crippen molar-refractivity contribution in [3.63, 3.8) is 0 Å². The number of nitrogen functional groups attached to an aromatic ring is 1. The van der Waals surface area contributed by atoms with E-state index < -0.39 is 23.5 Å². The van der Waals surface area contributed by atoms with Gasteiger partial charge in [-0.1, -0.05) is 0 Å². The Hall–Kier alpha value is -2.10. The minimum atomic E-state index is -4.64. The summed E-state index contributed by atoms with van der Waals surface area (Å²) in [6.07, 6.45) is -2.39. The standard InChI is InChI=1S/C11H8BrF3N4O2/c1-21-10(20)8-7(16)4-19(18-8)9-6(11(13,14)15)2-5(12)3-17-9/h2-4H,16H2,1H3. The molecule has 0 radical (unpaired) electrons. The van der Waals surface area contributed by atoms with Crippen LogP contribution < -0.4 is 5.73 Å². The van der Waals surface area contributed by atoms with Crippen molar-refractivity contribution in [2.75, 3.05) is 12.8 Å². The molecule has 0 aliphatic rings. The number of rotatable bonds is 2. The second-order valence-corrected chi connectivity index (χ2v) is 4.81. The van der Waals surface area contributed by atoms with E-state index in [2.05, 4.69) is 30.7 Å². The van der Waals surface area contributed by atoms with Crippen molar-refractivity contribution in [1.29, 1.82) is 0 Å². The third-order valence-corrected chi connectivity index (χ3v) is 2.91. The first-order valence-corrected chi connectivity index (χ1v) is 6.20. The summed E-state index contributed by atoms with van der Waals surface area (Å²) >= 11 is 2.92. The molecule has 21 heavy (non-hydrogen) atoms. The summed E-state index contributed by atoms with van der Waals surface area (Å²) in [5, 5.41) is 3.69. The minimum Gasteiger partial charge on any atom is -0.464 e. The molecule has 0 aliphatic carbocycles. The fraction of sp³-hybridized carbons (Fsp3) is 0.182.